The van der Waals surface area contributed by atoms with E-state index < -0.39 is 0 Å². The van der Waals surface area contributed by atoms with E-state index in [0.29, 0.717) is 5.41 Å². The Morgan fingerprint density at radius 3 is 2.12 bits per heavy atom. The zero-order chi connectivity index (χ0) is 6.62. The maximum Gasteiger partial charge on any atom is -0.0270 e. The van der Waals surface area contributed by atoms with E-state index in [-0.39, 0.29) is 0 Å². The fraction of sp³-hybridized carbons (Fsp3) is 0.714. The maximum absolute atomic E-state index is 3.68. The molecular formula is C7H15P. The van der Waals surface area contributed by atoms with Gasteiger partial charge in [-0.1, -0.05) is 41.7 Å². The molecule has 0 aromatic carbocycles. The maximum atomic E-state index is 3.68. The lowest BCUT2D eigenvalue weighted by molar-refractivity contribution is 0.479. The van der Waals surface area contributed by atoms with Crippen molar-refractivity contribution in [2.75, 3.05) is 6.16 Å². The van der Waals surface area contributed by atoms with Crippen molar-refractivity contribution < 1.29 is 0 Å². The van der Waals surface area contributed by atoms with Crippen LogP contribution in [-0.4, -0.2) is 6.16 Å². The average Bonchev–Trinajstić information content (AvgIpc) is 1.59. The Morgan fingerprint density at radius 2 is 2.00 bits per heavy atom. The zero-order valence-electron chi connectivity index (χ0n) is 5.99. The van der Waals surface area contributed by atoms with Crippen molar-refractivity contribution in [2.24, 2.45) is 5.41 Å². The highest BCUT2D eigenvalue weighted by Crippen LogP contribution is 2.24. The zero-order valence-corrected chi connectivity index (χ0v) is 6.99. The Hall–Kier alpha value is 0.170. The second kappa shape index (κ2) is 3.25. The van der Waals surface area contributed by atoms with E-state index in [2.05, 4.69) is 27.4 Å². The third kappa shape index (κ3) is 6.17. The molecule has 0 aromatic rings. The van der Waals surface area contributed by atoms with Gasteiger partial charge in [-0.25, -0.2) is 0 Å². The van der Waals surface area contributed by atoms with Crippen LogP contribution in [0.3, 0.4) is 0 Å². The van der Waals surface area contributed by atoms with Gasteiger partial charge >= 0.3 is 0 Å². The van der Waals surface area contributed by atoms with Crippen LogP contribution < -0.4 is 0 Å². The van der Waals surface area contributed by atoms with E-state index in [0.717, 1.165) is 8.58 Å². The normalized spacial score (nSPS) is 12.9. The van der Waals surface area contributed by atoms with Crippen LogP contribution in [0, 0.1) is 5.41 Å². The monoisotopic (exact) mass is 130 g/mol. The van der Waals surface area contributed by atoms with Gasteiger partial charge in [0.2, 0.25) is 0 Å². The molecule has 0 aliphatic heterocycles. The van der Waals surface area contributed by atoms with E-state index >= 15 is 0 Å². The molecule has 1 unspecified atom stereocenters. The lowest BCUT2D eigenvalue weighted by Gasteiger charge is -2.15. The Balaban J connectivity index is 3.24. The van der Waals surface area contributed by atoms with Gasteiger partial charge in [-0.05, 0) is 11.6 Å². The van der Waals surface area contributed by atoms with Gasteiger partial charge in [0, 0.05) is 0 Å². The van der Waals surface area contributed by atoms with E-state index in [9.17, 15) is 0 Å². The van der Waals surface area contributed by atoms with Crippen molar-refractivity contribution in [1.82, 2.24) is 0 Å². The van der Waals surface area contributed by atoms with Crippen LogP contribution in [0.25, 0.3) is 0 Å². The van der Waals surface area contributed by atoms with Gasteiger partial charge < -0.3 is 0 Å². The molecular weight excluding hydrogens is 115 g/mol. The second-order valence-electron chi connectivity index (χ2n) is 3.15. The first-order valence-electron chi connectivity index (χ1n) is 2.90. The van der Waals surface area contributed by atoms with Gasteiger partial charge in [0.05, 0.1) is 0 Å². The van der Waals surface area contributed by atoms with E-state index in [1.165, 1.54) is 6.16 Å². The van der Waals surface area contributed by atoms with Crippen molar-refractivity contribution in [3.8, 4) is 0 Å². The predicted octanol–water partition coefficient (Wildman–Crippen LogP) is 2.85. The summed E-state index contributed by atoms with van der Waals surface area (Å²) in [6, 6.07) is 0. The van der Waals surface area contributed by atoms with Crippen LogP contribution in [0.1, 0.15) is 20.8 Å². The highest BCUT2D eigenvalue weighted by Gasteiger charge is 2.06. The van der Waals surface area contributed by atoms with Crippen molar-refractivity contribution in [3.05, 3.63) is 12.4 Å². The molecule has 0 spiro atoms. The van der Waals surface area contributed by atoms with Crippen LogP contribution in [-0.2, 0) is 0 Å². The van der Waals surface area contributed by atoms with Crippen LogP contribution in [0.15, 0.2) is 12.4 Å². The number of rotatable bonds is 2. The molecule has 0 saturated heterocycles. The van der Waals surface area contributed by atoms with Crippen molar-refractivity contribution in [2.45, 2.75) is 20.8 Å². The van der Waals surface area contributed by atoms with Crippen LogP contribution in [0.2, 0.25) is 0 Å². The largest absolute Gasteiger partial charge is 0.0988 e. The number of hydrogen-bond donors (Lipinski definition) is 0. The summed E-state index contributed by atoms with van der Waals surface area (Å²) >= 11 is 0. The third-order valence-electron chi connectivity index (χ3n) is 0.777. The minimum absolute atomic E-state index is 0.493. The highest BCUT2D eigenvalue weighted by molar-refractivity contribution is 7.41. The van der Waals surface area contributed by atoms with E-state index in [1.54, 1.807) is 0 Å². The molecule has 0 radical (unpaired) electrons. The molecule has 0 saturated carbocycles. The third-order valence-corrected chi connectivity index (χ3v) is 2.33. The first-order chi connectivity index (χ1) is 3.56. The topological polar surface area (TPSA) is 0 Å². The molecule has 0 aliphatic rings. The summed E-state index contributed by atoms with van der Waals surface area (Å²) in [4.78, 5) is 0. The van der Waals surface area contributed by atoms with Gasteiger partial charge in [0.15, 0.2) is 0 Å². The van der Waals surface area contributed by atoms with Crippen molar-refractivity contribution in [3.63, 3.8) is 0 Å². The van der Waals surface area contributed by atoms with Gasteiger partial charge in [0.25, 0.3) is 0 Å². The lowest BCUT2D eigenvalue weighted by atomic mass is 10.0. The molecule has 0 fully saturated rings. The molecule has 0 rings (SSSR count). The molecule has 0 amide bonds. The fourth-order valence-corrected chi connectivity index (χ4v) is 1.14. The van der Waals surface area contributed by atoms with Gasteiger partial charge in [-0.2, -0.15) is 0 Å². The summed E-state index contributed by atoms with van der Waals surface area (Å²) < 4.78 is 0. The SMILES string of the molecule is C=CPCC(C)(C)C. The first kappa shape index (κ1) is 8.17. The van der Waals surface area contributed by atoms with E-state index in [1.807, 2.05) is 5.82 Å². The Kier molecular flexibility index (Phi) is 3.31. The molecule has 48 valence electrons. The van der Waals surface area contributed by atoms with Gasteiger partial charge in [0.1, 0.15) is 0 Å². The lowest BCUT2D eigenvalue weighted by Crippen LogP contribution is -2.06. The first-order valence-corrected chi connectivity index (χ1v) is 4.19. The van der Waals surface area contributed by atoms with Crippen LogP contribution in [0.5, 0.6) is 0 Å². The summed E-state index contributed by atoms with van der Waals surface area (Å²) in [5.74, 6) is 2.01. The fourth-order valence-electron chi connectivity index (χ4n) is 0.378. The summed E-state index contributed by atoms with van der Waals surface area (Å²) in [6.45, 7) is 10.4. The van der Waals surface area contributed by atoms with Crippen molar-refractivity contribution >= 4 is 8.58 Å². The Bertz CT molecular complexity index is 68.9. The van der Waals surface area contributed by atoms with Crippen LogP contribution >= 0.6 is 8.58 Å². The van der Waals surface area contributed by atoms with E-state index in [4.69, 9.17) is 0 Å². The van der Waals surface area contributed by atoms with Crippen molar-refractivity contribution in [1.29, 1.82) is 0 Å². The molecule has 0 nitrogen and oxygen atoms in total. The molecule has 0 N–H and O–H groups in total. The molecule has 1 atom stereocenters. The molecule has 8 heavy (non-hydrogen) atoms. The van der Waals surface area contributed by atoms with Gasteiger partial charge in [-0.3, -0.25) is 0 Å². The van der Waals surface area contributed by atoms with Gasteiger partial charge in [-0.15, -0.1) is 0 Å². The number of hydrogen-bond acceptors (Lipinski definition) is 0. The summed E-state index contributed by atoms with van der Waals surface area (Å²) in [6.07, 6.45) is 1.27. The summed E-state index contributed by atoms with van der Waals surface area (Å²) in [5.41, 5.74) is 0.493. The summed E-state index contributed by atoms with van der Waals surface area (Å²) in [7, 11) is 0.930. The average molecular weight is 130 g/mol. The molecule has 0 aliphatic carbocycles. The Labute approximate surface area is 54.2 Å². The standard InChI is InChI=1S/C7H15P/c1-5-8-6-7(2,3)4/h5,8H,1,6H2,2-4H3. The molecule has 1 heteroatoms. The second-order valence-corrected chi connectivity index (χ2v) is 4.32. The summed E-state index contributed by atoms with van der Waals surface area (Å²) in [5, 5.41) is 0. The highest BCUT2D eigenvalue weighted by atomic mass is 31.1. The quantitative estimate of drug-likeness (QED) is 0.504. The van der Waals surface area contributed by atoms with Crippen LogP contribution in [0.4, 0.5) is 0 Å². The predicted molar refractivity (Wildman–Crippen MR) is 42.8 cm³/mol. The molecule has 0 aromatic heterocycles. The minimum atomic E-state index is 0.493. The molecule has 0 bridgehead atoms. The molecule has 0 heterocycles. The Morgan fingerprint density at radius 1 is 1.50 bits per heavy atom. The minimum Gasteiger partial charge on any atom is -0.0988 e. The smallest absolute Gasteiger partial charge is 0.0270 e.